The highest BCUT2D eigenvalue weighted by Gasteiger charge is 2.06. The van der Waals surface area contributed by atoms with Crippen LogP contribution in [0.2, 0.25) is 0 Å². The van der Waals surface area contributed by atoms with Crippen molar-refractivity contribution >= 4 is 17.8 Å². The summed E-state index contributed by atoms with van der Waals surface area (Å²) in [5, 5.41) is 5.35. The number of nitroso groups, excluding NO2 is 1. The Hall–Kier alpha value is -1.79. The molecule has 13 heavy (non-hydrogen) atoms. The standard InChI is InChI=1S/C6H10N6O/c1-7-4-8-5(11-13)10-6(9-4)12(2)3/h1-3H3,(H,7,8,9,10). The number of hydrogen-bond acceptors (Lipinski definition) is 7. The Kier molecular flexibility index (Phi) is 2.68. The lowest BCUT2D eigenvalue weighted by Crippen LogP contribution is -2.14. The molecule has 0 radical (unpaired) electrons. The first kappa shape index (κ1) is 9.30. The first-order chi connectivity index (χ1) is 6.17. The molecule has 7 nitrogen and oxygen atoms in total. The van der Waals surface area contributed by atoms with Crippen LogP contribution in [0.4, 0.5) is 17.8 Å². The summed E-state index contributed by atoms with van der Waals surface area (Å²) in [5.41, 5.74) is 0. The molecular formula is C6H10N6O. The predicted octanol–water partition coefficient (Wildman–Crippen LogP) is 0.377. The normalized spacial score (nSPS) is 9.46. The van der Waals surface area contributed by atoms with Crippen LogP contribution in [0.1, 0.15) is 0 Å². The lowest BCUT2D eigenvalue weighted by atomic mass is 10.7. The maximum Gasteiger partial charge on any atom is 0.297 e. The van der Waals surface area contributed by atoms with Crippen molar-refractivity contribution in [3.05, 3.63) is 4.91 Å². The van der Waals surface area contributed by atoms with Gasteiger partial charge in [-0.15, -0.1) is 4.91 Å². The summed E-state index contributed by atoms with van der Waals surface area (Å²) in [5.74, 6) is 0.602. The molecule has 0 aromatic carbocycles. The van der Waals surface area contributed by atoms with Crippen molar-refractivity contribution in [2.75, 3.05) is 31.4 Å². The van der Waals surface area contributed by atoms with Crippen molar-refractivity contribution in [1.29, 1.82) is 0 Å². The van der Waals surface area contributed by atoms with E-state index in [-0.39, 0.29) is 5.95 Å². The van der Waals surface area contributed by atoms with E-state index < -0.39 is 0 Å². The Morgan fingerprint density at radius 3 is 2.46 bits per heavy atom. The second-order valence-corrected chi connectivity index (χ2v) is 2.49. The zero-order chi connectivity index (χ0) is 9.84. The van der Waals surface area contributed by atoms with E-state index in [0.717, 1.165) is 0 Å². The maximum absolute atomic E-state index is 10.2. The van der Waals surface area contributed by atoms with Gasteiger partial charge in [0.1, 0.15) is 0 Å². The van der Waals surface area contributed by atoms with Gasteiger partial charge in [-0.25, -0.2) is 0 Å². The third-order valence-electron chi connectivity index (χ3n) is 1.32. The Labute approximate surface area is 75.2 Å². The van der Waals surface area contributed by atoms with E-state index in [2.05, 4.69) is 25.4 Å². The minimum atomic E-state index is -0.122. The molecule has 0 unspecified atom stereocenters. The molecular weight excluding hydrogens is 172 g/mol. The van der Waals surface area contributed by atoms with E-state index in [4.69, 9.17) is 0 Å². The van der Waals surface area contributed by atoms with Crippen molar-refractivity contribution < 1.29 is 0 Å². The molecule has 1 rings (SSSR count). The van der Waals surface area contributed by atoms with E-state index in [0.29, 0.717) is 11.9 Å². The summed E-state index contributed by atoms with van der Waals surface area (Å²) in [7, 11) is 5.19. The highest BCUT2D eigenvalue weighted by Crippen LogP contribution is 2.12. The van der Waals surface area contributed by atoms with Crippen LogP contribution in [0, 0.1) is 4.91 Å². The molecule has 1 heterocycles. The first-order valence-corrected chi connectivity index (χ1v) is 3.62. The van der Waals surface area contributed by atoms with Gasteiger partial charge < -0.3 is 10.2 Å². The predicted molar refractivity (Wildman–Crippen MR) is 49.2 cm³/mol. The molecule has 0 amide bonds. The van der Waals surface area contributed by atoms with Crippen molar-refractivity contribution in [2.24, 2.45) is 5.18 Å². The second-order valence-electron chi connectivity index (χ2n) is 2.49. The molecule has 1 N–H and O–H groups in total. The van der Waals surface area contributed by atoms with E-state index in [1.807, 2.05) is 0 Å². The van der Waals surface area contributed by atoms with Crippen LogP contribution < -0.4 is 10.2 Å². The zero-order valence-corrected chi connectivity index (χ0v) is 7.64. The number of anilines is 2. The monoisotopic (exact) mass is 182 g/mol. The van der Waals surface area contributed by atoms with Gasteiger partial charge in [0, 0.05) is 26.3 Å². The third kappa shape index (κ3) is 2.08. The van der Waals surface area contributed by atoms with Gasteiger partial charge in [-0.3, -0.25) is 0 Å². The van der Waals surface area contributed by atoms with Gasteiger partial charge in [0.15, 0.2) is 0 Å². The number of rotatable bonds is 3. The lowest BCUT2D eigenvalue weighted by Gasteiger charge is -2.09. The van der Waals surface area contributed by atoms with Gasteiger partial charge in [0.25, 0.3) is 5.95 Å². The van der Waals surface area contributed by atoms with E-state index in [1.165, 1.54) is 0 Å². The molecule has 70 valence electrons. The van der Waals surface area contributed by atoms with Crippen LogP contribution in [-0.2, 0) is 0 Å². The quantitative estimate of drug-likeness (QED) is 0.680. The number of aromatic nitrogens is 3. The molecule has 1 aromatic heterocycles. The van der Waals surface area contributed by atoms with Crippen LogP contribution >= 0.6 is 0 Å². The minimum Gasteiger partial charge on any atom is -0.357 e. The molecule has 0 aliphatic carbocycles. The fourth-order valence-electron chi connectivity index (χ4n) is 0.707. The molecule has 0 saturated heterocycles. The van der Waals surface area contributed by atoms with Gasteiger partial charge >= 0.3 is 0 Å². The van der Waals surface area contributed by atoms with Crippen molar-refractivity contribution in [3.63, 3.8) is 0 Å². The lowest BCUT2D eigenvalue weighted by molar-refractivity contribution is 0.953. The average molecular weight is 182 g/mol. The highest BCUT2D eigenvalue weighted by atomic mass is 16.3. The van der Waals surface area contributed by atoms with E-state index >= 15 is 0 Å². The molecule has 1 aromatic rings. The molecule has 0 spiro atoms. The largest absolute Gasteiger partial charge is 0.357 e. The Morgan fingerprint density at radius 1 is 1.31 bits per heavy atom. The van der Waals surface area contributed by atoms with Crippen LogP contribution in [0.15, 0.2) is 5.18 Å². The summed E-state index contributed by atoms with van der Waals surface area (Å²) in [6, 6.07) is 0. The van der Waals surface area contributed by atoms with Crippen LogP contribution in [-0.4, -0.2) is 36.1 Å². The van der Waals surface area contributed by atoms with Gasteiger partial charge in [-0.05, 0) is 0 Å². The number of nitrogens with one attached hydrogen (secondary N) is 1. The van der Waals surface area contributed by atoms with Crippen LogP contribution in [0.5, 0.6) is 0 Å². The van der Waals surface area contributed by atoms with Gasteiger partial charge in [0.2, 0.25) is 11.9 Å². The third-order valence-corrected chi connectivity index (χ3v) is 1.32. The Morgan fingerprint density at radius 2 is 2.00 bits per heavy atom. The molecule has 0 aliphatic heterocycles. The van der Waals surface area contributed by atoms with Crippen LogP contribution in [0.3, 0.4) is 0 Å². The SMILES string of the molecule is CNc1nc(N=O)nc(N(C)C)n1. The zero-order valence-electron chi connectivity index (χ0n) is 7.64. The Balaban J connectivity index is 3.14. The highest BCUT2D eigenvalue weighted by molar-refractivity contribution is 5.39. The number of nitrogens with zero attached hydrogens (tertiary/aromatic N) is 5. The minimum absolute atomic E-state index is 0.122. The second kappa shape index (κ2) is 3.74. The van der Waals surface area contributed by atoms with Crippen molar-refractivity contribution in [1.82, 2.24) is 15.0 Å². The summed E-state index contributed by atoms with van der Waals surface area (Å²) >= 11 is 0. The smallest absolute Gasteiger partial charge is 0.297 e. The summed E-state index contributed by atoms with van der Waals surface area (Å²) < 4.78 is 0. The van der Waals surface area contributed by atoms with Crippen molar-refractivity contribution in [3.8, 4) is 0 Å². The first-order valence-electron chi connectivity index (χ1n) is 3.62. The molecule has 0 aliphatic rings. The summed E-state index contributed by atoms with van der Waals surface area (Å²) in [4.78, 5) is 23.4. The van der Waals surface area contributed by atoms with E-state index in [1.54, 1.807) is 26.0 Å². The summed E-state index contributed by atoms with van der Waals surface area (Å²) in [6.45, 7) is 0. The van der Waals surface area contributed by atoms with Gasteiger partial charge in [0.05, 0.1) is 0 Å². The molecule has 7 heteroatoms. The maximum atomic E-state index is 10.2. The fourth-order valence-corrected chi connectivity index (χ4v) is 0.707. The molecule has 0 fully saturated rings. The summed E-state index contributed by atoms with van der Waals surface area (Å²) in [6.07, 6.45) is 0. The van der Waals surface area contributed by atoms with Crippen LogP contribution in [0.25, 0.3) is 0 Å². The molecule has 0 bridgehead atoms. The van der Waals surface area contributed by atoms with E-state index in [9.17, 15) is 4.91 Å². The van der Waals surface area contributed by atoms with Gasteiger partial charge in [-0.2, -0.15) is 15.0 Å². The number of hydrogen-bond donors (Lipinski definition) is 1. The molecule has 0 saturated carbocycles. The fraction of sp³-hybridized carbons (Fsp3) is 0.500. The van der Waals surface area contributed by atoms with Gasteiger partial charge in [-0.1, -0.05) is 0 Å². The topological polar surface area (TPSA) is 83.4 Å². The molecule has 0 atom stereocenters. The van der Waals surface area contributed by atoms with Crippen molar-refractivity contribution in [2.45, 2.75) is 0 Å². The average Bonchev–Trinajstić information content (AvgIpc) is 2.16. The Bertz CT molecular complexity index is 312.